The fourth-order valence-corrected chi connectivity index (χ4v) is 2.13. The summed E-state index contributed by atoms with van der Waals surface area (Å²) in [6.07, 6.45) is -2.32. The van der Waals surface area contributed by atoms with Gasteiger partial charge in [0.2, 0.25) is 0 Å². The summed E-state index contributed by atoms with van der Waals surface area (Å²) < 4.78 is 25.5. The minimum Gasteiger partial charge on any atom is -0.292 e. The molecule has 0 aliphatic rings. The first-order valence-corrected chi connectivity index (χ1v) is 6.25. The Bertz CT molecular complexity index is 323. The van der Waals surface area contributed by atoms with E-state index in [9.17, 15) is 8.78 Å². The number of nitrogens with zero attached hydrogens (tertiary/aromatic N) is 1. The summed E-state index contributed by atoms with van der Waals surface area (Å²) in [4.78, 5) is 1.65. The van der Waals surface area contributed by atoms with Crippen molar-refractivity contribution in [3.8, 4) is 0 Å². The Kier molecular flexibility index (Phi) is 6.24. The van der Waals surface area contributed by atoms with Gasteiger partial charge in [-0.05, 0) is 17.7 Å². The molecule has 0 radical (unpaired) electrons. The first kappa shape index (κ1) is 13.9. The van der Waals surface area contributed by atoms with Gasteiger partial charge in [-0.2, -0.15) is 0 Å². The molecule has 16 heavy (non-hydrogen) atoms. The van der Waals surface area contributed by atoms with Gasteiger partial charge in [-0.25, -0.2) is 8.78 Å². The van der Waals surface area contributed by atoms with Crippen LogP contribution in [0.4, 0.5) is 8.78 Å². The Labute approximate surface area is 108 Å². The van der Waals surface area contributed by atoms with Crippen molar-refractivity contribution < 1.29 is 8.78 Å². The predicted molar refractivity (Wildman–Crippen MR) is 66.1 cm³/mol. The summed E-state index contributed by atoms with van der Waals surface area (Å²) in [6.45, 7) is 0.730. The van der Waals surface area contributed by atoms with E-state index in [0.29, 0.717) is 19.0 Å². The van der Waals surface area contributed by atoms with Gasteiger partial charge in [0.05, 0.1) is 6.54 Å². The van der Waals surface area contributed by atoms with E-state index < -0.39 is 6.43 Å². The lowest BCUT2D eigenvalue weighted by molar-refractivity contribution is 0.0878. The van der Waals surface area contributed by atoms with Crippen molar-refractivity contribution in [2.75, 3.05) is 19.0 Å². The molecule has 0 saturated carbocycles. The van der Waals surface area contributed by atoms with Gasteiger partial charge < -0.3 is 0 Å². The monoisotopic (exact) mass is 311 g/mol. The summed E-state index contributed by atoms with van der Waals surface area (Å²) in [5.74, 6) is 0.362. The Morgan fingerprint density at radius 2 is 2.12 bits per heavy atom. The van der Waals surface area contributed by atoms with Crippen molar-refractivity contribution in [2.45, 2.75) is 13.0 Å². The van der Waals surface area contributed by atoms with Gasteiger partial charge in [0.1, 0.15) is 0 Å². The van der Waals surface area contributed by atoms with Crippen LogP contribution in [0.25, 0.3) is 0 Å². The average molecular weight is 313 g/mol. The maximum Gasteiger partial charge on any atom is 0.251 e. The van der Waals surface area contributed by atoms with Crippen LogP contribution >= 0.6 is 27.5 Å². The fourth-order valence-electron chi connectivity index (χ4n) is 1.44. The average Bonchev–Trinajstić information content (AvgIpc) is 2.16. The van der Waals surface area contributed by atoms with E-state index in [1.54, 1.807) is 4.90 Å². The lowest BCUT2D eigenvalue weighted by Gasteiger charge is -2.20. The zero-order chi connectivity index (χ0) is 12.0. The smallest absolute Gasteiger partial charge is 0.251 e. The molecule has 0 aliphatic heterocycles. The summed E-state index contributed by atoms with van der Waals surface area (Å²) >= 11 is 8.93. The summed E-state index contributed by atoms with van der Waals surface area (Å²) in [5.41, 5.74) is 1.00. The van der Waals surface area contributed by atoms with Crippen molar-refractivity contribution >= 4 is 27.5 Å². The van der Waals surface area contributed by atoms with E-state index in [2.05, 4.69) is 15.9 Å². The maximum absolute atomic E-state index is 12.3. The third kappa shape index (κ3) is 5.23. The van der Waals surface area contributed by atoms with Gasteiger partial charge in [-0.3, -0.25) is 4.90 Å². The van der Waals surface area contributed by atoms with E-state index in [0.717, 1.165) is 10.0 Å². The number of hydrogen-bond acceptors (Lipinski definition) is 1. The summed E-state index contributed by atoms with van der Waals surface area (Å²) in [5, 5.41) is 0. The summed E-state index contributed by atoms with van der Waals surface area (Å²) in [7, 11) is 0. The minimum absolute atomic E-state index is 0.237. The van der Waals surface area contributed by atoms with E-state index in [4.69, 9.17) is 11.6 Å². The number of benzene rings is 1. The third-order valence-electron chi connectivity index (χ3n) is 2.09. The second kappa shape index (κ2) is 7.20. The normalized spacial score (nSPS) is 11.4. The van der Waals surface area contributed by atoms with Crippen LogP contribution in [-0.2, 0) is 6.54 Å². The van der Waals surface area contributed by atoms with Crippen LogP contribution < -0.4 is 0 Å². The lowest BCUT2D eigenvalue weighted by atomic mass is 10.2. The lowest BCUT2D eigenvalue weighted by Crippen LogP contribution is -2.30. The van der Waals surface area contributed by atoms with Gasteiger partial charge in [-0.1, -0.05) is 28.1 Å². The number of rotatable bonds is 6. The van der Waals surface area contributed by atoms with Crippen LogP contribution in [0.2, 0.25) is 0 Å². The van der Waals surface area contributed by atoms with Gasteiger partial charge in [0, 0.05) is 23.4 Å². The molecule has 1 aromatic carbocycles. The van der Waals surface area contributed by atoms with Crippen molar-refractivity contribution in [1.29, 1.82) is 0 Å². The largest absolute Gasteiger partial charge is 0.292 e. The van der Waals surface area contributed by atoms with Gasteiger partial charge in [0.25, 0.3) is 6.43 Å². The highest BCUT2D eigenvalue weighted by Gasteiger charge is 2.11. The molecule has 0 bridgehead atoms. The molecular weight excluding hydrogens is 299 g/mol. The molecular formula is C11H13BrClF2N. The van der Waals surface area contributed by atoms with Crippen molar-refractivity contribution in [1.82, 2.24) is 4.90 Å². The molecule has 0 aliphatic carbocycles. The molecule has 0 fully saturated rings. The van der Waals surface area contributed by atoms with Crippen LogP contribution in [0, 0.1) is 0 Å². The number of alkyl halides is 3. The van der Waals surface area contributed by atoms with Crippen molar-refractivity contribution in [2.24, 2.45) is 0 Å². The van der Waals surface area contributed by atoms with Crippen LogP contribution in [0.5, 0.6) is 0 Å². The molecule has 0 saturated heterocycles. The number of hydrogen-bond donors (Lipinski definition) is 0. The van der Waals surface area contributed by atoms with E-state index >= 15 is 0 Å². The minimum atomic E-state index is -2.32. The standard InChI is InChI=1S/C11H13BrClF2N/c12-10-3-1-2-9(6-10)7-16(5-4-13)8-11(14)15/h1-3,6,11H,4-5,7-8H2. The van der Waals surface area contributed by atoms with Gasteiger partial charge in [0.15, 0.2) is 0 Å². The van der Waals surface area contributed by atoms with Crippen molar-refractivity contribution in [3.05, 3.63) is 34.3 Å². The zero-order valence-electron chi connectivity index (χ0n) is 8.67. The first-order valence-electron chi connectivity index (χ1n) is 4.92. The highest BCUT2D eigenvalue weighted by molar-refractivity contribution is 9.10. The topological polar surface area (TPSA) is 3.24 Å². The van der Waals surface area contributed by atoms with E-state index in [1.165, 1.54) is 0 Å². The molecule has 1 aromatic rings. The van der Waals surface area contributed by atoms with E-state index in [1.807, 2.05) is 24.3 Å². The Balaban J connectivity index is 2.60. The van der Waals surface area contributed by atoms with Gasteiger partial charge >= 0.3 is 0 Å². The molecule has 0 atom stereocenters. The highest BCUT2D eigenvalue weighted by Crippen LogP contribution is 2.14. The predicted octanol–water partition coefficient (Wildman–Crippen LogP) is 3.76. The van der Waals surface area contributed by atoms with Crippen LogP contribution in [-0.4, -0.2) is 30.3 Å². The molecule has 1 nitrogen and oxygen atoms in total. The molecule has 0 amide bonds. The zero-order valence-corrected chi connectivity index (χ0v) is 11.0. The quantitative estimate of drug-likeness (QED) is 0.723. The third-order valence-corrected chi connectivity index (χ3v) is 2.75. The van der Waals surface area contributed by atoms with Gasteiger partial charge in [-0.15, -0.1) is 11.6 Å². The SMILES string of the molecule is FC(F)CN(CCCl)Cc1cccc(Br)c1. The fraction of sp³-hybridized carbons (Fsp3) is 0.455. The second-order valence-electron chi connectivity index (χ2n) is 3.45. The van der Waals surface area contributed by atoms with Crippen LogP contribution in [0.3, 0.4) is 0 Å². The molecule has 90 valence electrons. The molecule has 1 rings (SSSR count). The molecule has 0 N–H and O–H groups in total. The summed E-state index contributed by atoms with van der Waals surface area (Å²) in [6, 6.07) is 7.63. The Hall–Kier alpha value is -0.190. The van der Waals surface area contributed by atoms with Crippen LogP contribution in [0.15, 0.2) is 28.7 Å². The van der Waals surface area contributed by atoms with E-state index in [-0.39, 0.29) is 6.54 Å². The molecule has 0 heterocycles. The first-order chi connectivity index (χ1) is 7.61. The number of halogens is 4. The second-order valence-corrected chi connectivity index (χ2v) is 4.74. The molecule has 5 heteroatoms. The van der Waals surface area contributed by atoms with Crippen molar-refractivity contribution in [3.63, 3.8) is 0 Å². The Morgan fingerprint density at radius 3 is 2.69 bits per heavy atom. The maximum atomic E-state index is 12.3. The molecule has 0 aromatic heterocycles. The Morgan fingerprint density at radius 1 is 1.38 bits per heavy atom. The molecule has 0 spiro atoms. The van der Waals surface area contributed by atoms with Crippen LogP contribution in [0.1, 0.15) is 5.56 Å². The molecule has 0 unspecified atom stereocenters. The highest BCUT2D eigenvalue weighted by atomic mass is 79.9.